The van der Waals surface area contributed by atoms with E-state index in [9.17, 15) is 33.6 Å². The van der Waals surface area contributed by atoms with Crippen molar-refractivity contribution in [1.29, 1.82) is 0 Å². The normalized spacial score (nSPS) is 15.5. The van der Waals surface area contributed by atoms with Crippen molar-refractivity contribution in [3.8, 4) is 0 Å². The summed E-state index contributed by atoms with van der Waals surface area (Å²) >= 11 is 0. The number of nitrogens with zero attached hydrogens (tertiary/aromatic N) is 1. The molecule has 282 valence electrons. The first-order valence-electron chi connectivity index (χ1n) is 16.8. The largest absolute Gasteiger partial charge is 0.480 e. The maximum Gasteiger partial charge on any atom is 0.329 e. The summed E-state index contributed by atoms with van der Waals surface area (Å²) in [6.07, 6.45) is 2.37. The fourth-order valence-corrected chi connectivity index (χ4v) is 5.02. The van der Waals surface area contributed by atoms with Crippen molar-refractivity contribution in [1.82, 2.24) is 15.5 Å². The van der Waals surface area contributed by atoms with Gasteiger partial charge in [-0.1, -0.05) is 12.5 Å². The summed E-state index contributed by atoms with van der Waals surface area (Å²) in [5.74, 6) is -4.32. The van der Waals surface area contributed by atoms with E-state index in [1.807, 2.05) is 0 Å². The summed E-state index contributed by atoms with van der Waals surface area (Å²) in [7, 11) is 0. The minimum atomic E-state index is -1.14. The third-order valence-electron chi connectivity index (χ3n) is 7.45. The molecular weight excluding hydrogens is 676 g/mol. The van der Waals surface area contributed by atoms with Gasteiger partial charge in [0.25, 0.3) is 11.8 Å². The molecule has 0 aromatic heterocycles. The number of ether oxygens (including phenoxy) is 6. The first-order valence-corrected chi connectivity index (χ1v) is 16.8. The van der Waals surface area contributed by atoms with E-state index in [1.165, 1.54) is 12.1 Å². The van der Waals surface area contributed by atoms with Crippen LogP contribution in [0.25, 0.3) is 0 Å². The summed E-state index contributed by atoms with van der Waals surface area (Å²) in [6.45, 7) is 3.40. The minimum Gasteiger partial charge on any atom is -0.480 e. The molecule has 1 aromatic carbocycles. The number of rotatable bonds is 27. The molecule has 3 rings (SSSR count). The number of imide groups is 2. The Bertz CT molecular complexity index is 1360. The monoisotopic (exact) mass is 722 g/mol. The lowest BCUT2D eigenvalue weighted by Gasteiger charge is -2.27. The van der Waals surface area contributed by atoms with Crippen LogP contribution in [0.2, 0.25) is 0 Å². The topological polar surface area (TPSA) is 234 Å². The van der Waals surface area contributed by atoms with Crippen molar-refractivity contribution in [2.24, 2.45) is 0 Å². The lowest BCUT2D eigenvalue weighted by atomic mass is 10.0. The number of aliphatic carboxylic acids is 1. The molecule has 6 amide bonds. The van der Waals surface area contributed by atoms with Gasteiger partial charge < -0.3 is 44.2 Å². The van der Waals surface area contributed by atoms with Crippen LogP contribution in [-0.4, -0.2) is 143 Å². The first kappa shape index (κ1) is 41.1. The van der Waals surface area contributed by atoms with Gasteiger partial charge in [0.2, 0.25) is 23.6 Å². The van der Waals surface area contributed by atoms with E-state index in [0.29, 0.717) is 65.9 Å². The number of carbonyl (C=O) groups is 7. The van der Waals surface area contributed by atoms with Crippen molar-refractivity contribution in [3.05, 3.63) is 29.3 Å². The van der Waals surface area contributed by atoms with Gasteiger partial charge in [-0.3, -0.25) is 39.0 Å². The van der Waals surface area contributed by atoms with E-state index < -0.39 is 48.2 Å². The lowest BCUT2D eigenvalue weighted by molar-refractivity contribution is -0.143. The Morgan fingerprint density at radius 2 is 1.37 bits per heavy atom. The van der Waals surface area contributed by atoms with Gasteiger partial charge in [0.1, 0.15) is 19.3 Å². The second-order valence-corrected chi connectivity index (χ2v) is 11.3. The number of benzene rings is 1. The van der Waals surface area contributed by atoms with Crippen LogP contribution in [0.5, 0.6) is 0 Å². The Labute approximate surface area is 294 Å². The third-order valence-corrected chi connectivity index (χ3v) is 7.45. The number of hydrogen-bond donors (Lipinski definition) is 4. The van der Waals surface area contributed by atoms with Crippen molar-refractivity contribution < 1.29 is 67.1 Å². The number of carboxylic acid groups (broad SMARTS) is 1. The Balaban J connectivity index is 1.10. The van der Waals surface area contributed by atoms with E-state index in [2.05, 4.69) is 20.7 Å². The maximum absolute atomic E-state index is 13.2. The minimum absolute atomic E-state index is 0.0207. The van der Waals surface area contributed by atoms with Crippen LogP contribution < -0.4 is 16.0 Å². The molecule has 2 aliphatic heterocycles. The van der Waals surface area contributed by atoms with E-state index in [0.717, 1.165) is 17.7 Å². The molecule has 0 aliphatic carbocycles. The molecule has 0 saturated carbocycles. The van der Waals surface area contributed by atoms with E-state index >= 15 is 0 Å². The quantitative estimate of drug-likeness (QED) is 0.0686. The molecule has 0 spiro atoms. The van der Waals surface area contributed by atoms with Crippen LogP contribution in [0.3, 0.4) is 0 Å². The zero-order valence-corrected chi connectivity index (χ0v) is 28.4. The standard InChI is InChI=1S/C33H46N4O14/c38-26(35-24-6-4-5-23-30(24)33(45)37(32(23)44)25-8-9-27(39)36-31(25)43)7-2-1-3-11-46-13-15-48-17-19-50-20-18-49-16-14-47-12-10-34-28(40)21-51-22-29(41)42/h4-6,25H,1-3,7-22H2,(H,34,40)(H,35,38)(H,41,42)(H,36,39,43). The van der Waals surface area contributed by atoms with E-state index in [4.69, 9.17) is 28.8 Å². The van der Waals surface area contributed by atoms with Gasteiger partial charge in [-0.2, -0.15) is 0 Å². The number of carbonyl (C=O) groups excluding carboxylic acids is 6. The molecule has 51 heavy (non-hydrogen) atoms. The van der Waals surface area contributed by atoms with Gasteiger partial charge in [-0.25, -0.2) is 4.79 Å². The third kappa shape index (κ3) is 14.8. The number of piperidine rings is 1. The predicted octanol–water partition coefficient (Wildman–Crippen LogP) is -0.113. The molecule has 1 aromatic rings. The molecule has 2 aliphatic rings. The number of amides is 6. The molecule has 1 atom stereocenters. The Kier molecular flexibility index (Phi) is 18.7. The summed E-state index contributed by atoms with van der Waals surface area (Å²) in [5.41, 5.74) is 0.348. The number of unbranched alkanes of at least 4 members (excludes halogenated alkanes) is 2. The highest BCUT2D eigenvalue weighted by Gasteiger charge is 2.45. The molecule has 18 nitrogen and oxygen atoms in total. The predicted molar refractivity (Wildman–Crippen MR) is 176 cm³/mol. The first-order chi connectivity index (χ1) is 24.7. The van der Waals surface area contributed by atoms with Gasteiger partial charge in [0.05, 0.1) is 76.3 Å². The highest BCUT2D eigenvalue weighted by molar-refractivity contribution is 6.26. The van der Waals surface area contributed by atoms with Crippen LogP contribution >= 0.6 is 0 Å². The van der Waals surface area contributed by atoms with Crippen molar-refractivity contribution in [2.75, 3.05) is 91.1 Å². The summed E-state index contributed by atoms with van der Waals surface area (Å²) in [4.78, 5) is 85.0. The molecule has 0 radical (unpaired) electrons. The molecule has 0 bridgehead atoms. The van der Waals surface area contributed by atoms with Crippen molar-refractivity contribution in [3.63, 3.8) is 0 Å². The zero-order chi connectivity index (χ0) is 36.8. The second kappa shape index (κ2) is 23.2. The average Bonchev–Trinajstić information content (AvgIpc) is 3.34. The fourth-order valence-electron chi connectivity index (χ4n) is 5.02. The zero-order valence-electron chi connectivity index (χ0n) is 28.4. The molecule has 1 unspecified atom stereocenters. The summed E-state index contributed by atoms with van der Waals surface area (Å²) in [6, 6.07) is 3.49. The molecular formula is C33H46N4O14. The fraction of sp³-hybridized carbons (Fsp3) is 0.606. The van der Waals surface area contributed by atoms with Crippen LogP contribution in [0, 0.1) is 0 Å². The number of nitrogens with one attached hydrogen (secondary N) is 3. The maximum atomic E-state index is 13.2. The van der Waals surface area contributed by atoms with Crippen LogP contribution in [-0.2, 0) is 52.4 Å². The Morgan fingerprint density at radius 3 is 2.00 bits per heavy atom. The number of anilines is 1. The molecule has 4 N–H and O–H groups in total. The SMILES string of the molecule is O=C(O)COCC(=O)NCCOCCOCCOCCOCCOCCCCCC(=O)Nc1cccc2c1C(=O)N(C1CCC(=O)NC1=O)C2=O. The van der Waals surface area contributed by atoms with Gasteiger partial charge in [-0.05, 0) is 31.4 Å². The number of fused-ring (bicyclic) bond motifs is 1. The summed E-state index contributed by atoms with van der Waals surface area (Å²) in [5, 5.41) is 15.8. The molecule has 1 saturated heterocycles. The van der Waals surface area contributed by atoms with Gasteiger partial charge in [0, 0.05) is 26.0 Å². The molecule has 18 heteroatoms. The number of carboxylic acids is 1. The Hall–Kier alpha value is -4.33. The van der Waals surface area contributed by atoms with Crippen LogP contribution in [0.1, 0.15) is 59.2 Å². The average molecular weight is 723 g/mol. The van der Waals surface area contributed by atoms with Gasteiger partial charge in [-0.15, -0.1) is 0 Å². The second-order valence-electron chi connectivity index (χ2n) is 11.3. The lowest BCUT2D eigenvalue weighted by Crippen LogP contribution is -2.54. The van der Waals surface area contributed by atoms with Crippen molar-refractivity contribution in [2.45, 2.75) is 44.6 Å². The van der Waals surface area contributed by atoms with Gasteiger partial charge >= 0.3 is 5.97 Å². The highest BCUT2D eigenvalue weighted by atomic mass is 16.6. The molecule has 1 fully saturated rings. The van der Waals surface area contributed by atoms with E-state index in [-0.39, 0.29) is 61.7 Å². The van der Waals surface area contributed by atoms with Crippen LogP contribution in [0.15, 0.2) is 18.2 Å². The van der Waals surface area contributed by atoms with Gasteiger partial charge in [0.15, 0.2) is 0 Å². The summed E-state index contributed by atoms with van der Waals surface area (Å²) < 4.78 is 31.8. The molecule has 2 heterocycles. The van der Waals surface area contributed by atoms with Crippen molar-refractivity contribution >= 4 is 47.1 Å². The smallest absolute Gasteiger partial charge is 0.329 e. The number of hydrogen-bond acceptors (Lipinski definition) is 13. The Morgan fingerprint density at radius 1 is 0.745 bits per heavy atom. The van der Waals surface area contributed by atoms with E-state index in [1.54, 1.807) is 6.07 Å². The highest BCUT2D eigenvalue weighted by Crippen LogP contribution is 2.32. The van der Waals surface area contributed by atoms with Crippen LogP contribution in [0.4, 0.5) is 5.69 Å².